The number of para-hydroxylation sites is 2. The average molecular weight is 293 g/mol. The van der Waals surface area contributed by atoms with Crippen molar-refractivity contribution < 1.29 is 9.53 Å². The van der Waals surface area contributed by atoms with E-state index in [1.165, 1.54) is 0 Å². The summed E-state index contributed by atoms with van der Waals surface area (Å²) in [6.07, 6.45) is 0. The number of nitrogens with one attached hydrogen (secondary N) is 1. The first-order chi connectivity index (χ1) is 10.7. The Morgan fingerprint density at radius 2 is 1.77 bits per heavy atom. The number of aryl methyl sites for hydroxylation is 1. The van der Waals surface area contributed by atoms with Crippen molar-refractivity contribution in [2.45, 2.75) is 6.92 Å². The van der Waals surface area contributed by atoms with Gasteiger partial charge in [-0.15, -0.1) is 0 Å². The van der Waals surface area contributed by atoms with E-state index in [1.807, 2.05) is 31.2 Å². The average Bonchev–Trinajstić information content (AvgIpc) is 2.55. The zero-order valence-electron chi connectivity index (χ0n) is 12.3. The zero-order valence-corrected chi connectivity index (χ0v) is 12.3. The molecule has 0 aliphatic rings. The molecule has 1 N–H and O–H groups in total. The summed E-state index contributed by atoms with van der Waals surface area (Å²) >= 11 is 0. The van der Waals surface area contributed by atoms with Crippen LogP contribution in [0.25, 0.3) is 11.0 Å². The van der Waals surface area contributed by atoms with Crippen LogP contribution >= 0.6 is 0 Å². The van der Waals surface area contributed by atoms with Gasteiger partial charge in [0.2, 0.25) is 5.88 Å². The number of carbonyl (C=O) groups is 1. The van der Waals surface area contributed by atoms with Crippen LogP contribution in [-0.4, -0.2) is 22.9 Å². The van der Waals surface area contributed by atoms with Crippen LogP contribution in [0.15, 0.2) is 48.5 Å². The predicted octanol–water partition coefficient (Wildman–Crippen LogP) is 3.09. The Hall–Kier alpha value is -2.95. The third kappa shape index (κ3) is 2.74. The molecule has 3 aromatic rings. The number of rotatable bonds is 3. The van der Waals surface area contributed by atoms with Crippen LogP contribution in [0.4, 0.5) is 0 Å². The zero-order chi connectivity index (χ0) is 15.5. The molecule has 0 radical (unpaired) electrons. The summed E-state index contributed by atoms with van der Waals surface area (Å²) in [5.41, 5.74) is 2.83. The highest BCUT2D eigenvalue weighted by molar-refractivity contribution is 5.94. The largest absolute Gasteiger partial charge is 0.437 e. The van der Waals surface area contributed by atoms with E-state index >= 15 is 0 Å². The number of carbonyl (C=O) groups excluding carboxylic acids is 1. The van der Waals surface area contributed by atoms with Crippen LogP contribution in [-0.2, 0) is 0 Å². The lowest BCUT2D eigenvalue weighted by molar-refractivity contribution is 0.0963. The summed E-state index contributed by atoms with van der Waals surface area (Å²) < 4.78 is 5.80. The number of nitrogens with zero attached hydrogens (tertiary/aromatic N) is 2. The van der Waals surface area contributed by atoms with Gasteiger partial charge in [0.25, 0.3) is 5.91 Å². The van der Waals surface area contributed by atoms with E-state index in [0.29, 0.717) is 22.9 Å². The highest BCUT2D eigenvalue weighted by Crippen LogP contribution is 2.24. The third-order valence-electron chi connectivity index (χ3n) is 3.24. The number of fused-ring (bicyclic) bond motifs is 1. The summed E-state index contributed by atoms with van der Waals surface area (Å²) in [7, 11) is 1.59. The molecule has 110 valence electrons. The molecule has 1 aromatic heterocycles. The fourth-order valence-corrected chi connectivity index (χ4v) is 2.13. The molecule has 0 aliphatic heterocycles. The standard InChI is InChI=1S/C17H15N3O2/c1-11-17(20-15-9-4-3-8-14(15)19-11)22-13-7-5-6-12(10-13)16(21)18-2/h3-10H,1-2H3,(H,18,21). The van der Waals surface area contributed by atoms with E-state index in [9.17, 15) is 4.79 Å². The van der Waals surface area contributed by atoms with Crippen LogP contribution < -0.4 is 10.1 Å². The maximum Gasteiger partial charge on any atom is 0.251 e. The molecule has 0 spiro atoms. The molecule has 1 heterocycles. The van der Waals surface area contributed by atoms with Crippen LogP contribution in [0.5, 0.6) is 11.6 Å². The van der Waals surface area contributed by atoms with Crippen molar-refractivity contribution in [1.82, 2.24) is 15.3 Å². The first-order valence-electron chi connectivity index (χ1n) is 6.91. The fourth-order valence-electron chi connectivity index (χ4n) is 2.13. The molecule has 3 rings (SSSR count). The minimum absolute atomic E-state index is 0.160. The number of hydrogen-bond donors (Lipinski definition) is 1. The normalized spacial score (nSPS) is 10.5. The van der Waals surface area contributed by atoms with Crippen molar-refractivity contribution >= 4 is 16.9 Å². The Morgan fingerprint density at radius 3 is 2.50 bits per heavy atom. The first kappa shape index (κ1) is 14.0. The summed E-state index contributed by atoms with van der Waals surface area (Å²) in [6, 6.07) is 14.6. The van der Waals surface area contributed by atoms with E-state index in [4.69, 9.17) is 4.74 Å². The van der Waals surface area contributed by atoms with E-state index < -0.39 is 0 Å². The molecule has 0 saturated carbocycles. The molecule has 0 saturated heterocycles. The van der Waals surface area contributed by atoms with Gasteiger partial charge in [0, 0.05) is 12.6 Å². The van der Waals surface area contributed by atoms with Gasteiger partial charge in [0.15, 0.2) is 0 Å². The van der Waals surface area contributed by atoms with Crippen LogP contribution in [0.3, 0.4) is 0 Å². The van der Waals surface area contributed by atoms with Crippen molar-refractivity contribution in [2.24, 2.45) is 0 Å². The second kappa shape index (κ2) is 5.81. The smallest absolute Gasteiger partial charge is 0.251 e. The molecule has 0 atom stereocenters. The Kier molecular flexibility index (Phi) is 3.70. The molecule has 22 heavy (non-hydrogen) atoms. The first-order valence-corrected chi connectivity index (χ1v) is 6.91. The SMILES string of the molecule is CNC(=O)c1cccc(Oc2nc3ccccc3nc2C)c1. The lowest BCUT2D eigenvalue weighted by atomic mass is 10.2. The van der Waals surface area contributed by atoms with E-state index in [0.717, 1.165) is 11.0 Å². The number of ether oxygens (including phenoxy) is 1. The van der Waals surface area contributed by atoms with Gasteiger partial charge in [-0.05, 0) is 37.3 Å². The van der Waals surface area contributed by atoms with Gasteiger partial charge >= 0.3 is 0 Å². The van der Waals surface area contributed by atoms with Gasteiger partial charge in [0.05, 0.1) is 11.0 Å². The highest BCUT2D eigenvalue weighted by atomic mass is 16.5. The Morgan fingerprint density at radius 1 is 1.05 bits per heavy atom. The maximum atomic E-state index is 11.7. The van der Waals surface area contributed by atoms with Crippen LogP contribution in [0, 0.1) is 6.92 Å². The lowest BCUT2D eigenvalue weighted by Gasteiger charge is -2.09. The molecule has 0 fully saturated rings. The molecular weight excluding hydrogens is 278 g/mol. The number of aromatic nitrogens is 2. The summed E-state index contributed by atoms with van der Waals surface area (Å²) in [5.74, 6) is 0.827. The Bertz CT molecular complexity index is 846. The summed E-state index contributed by atoms with van der Waals surface area (Å²) in [6.45, 7) is 1.84. The molecule has 1 amide bonds. The van der Waals surface area contributed by atoms with Gasteiger partial charge < -0.3 is 10.1 Å². The van der Waals surface area contributed by atoms with Gasteiger partial charge in [-0.2, -0.15) is 0 Å². The quantitative estimate of drug-likeness (QED) is 0.806. The summed E-state index contributed by atoms with van der Waals surface area (Å²) in [5, 5.41) is 2.59. The molecule has 5 heteroatoms. The van der Waals surface area contributed by atoms with E-state index in [2.05, 4.69) is 15.3 Å². The van der Waals surface area contributed by atoms with Crippen molar-refractivity contribution in [3.05, 3.63) is 59.8 Å². The number of amides is 1. The second-order valence-corrected chi connectivity index (χ2v) is 4.81. The molecule has 2 aromatic carbocycles. The third-order valence-corrected chi connectivity index (χ3v) is 3.24. The van der Waals surface area contributed by atoms with Gasteiger partial charge in [-0.25, -0.2) is 9.97 Å². The van der Waals surface area contributed by atoms with Crippen molar-refractivity contribution in [2.75, 3.05) is 7.05 Å². The van der Waals surface area contributed by atoms with E-state index in [1.54, 1.807) is 31.3 Å². The molecule has 0 unspecified atom stereocenters. The minimum Gasteiger partial charge on any atom is -0.437 e. The van der Waals surface area contributed by atoms with Crippen molar-refractivity contribution in [3.8, 4) is 11.6 Å². The minimum atomic E-state index is -0.160. The van der Waals surface area contributed by atoms with Gasteiger partial charge in [-0.3, -0.25) is 4.79 Å². The molecule has 0 aliphatic carbocycles. The highest BCUT2D eigenvalue weighted by Gasteiger charge is 2.09. The van der Waals surface area contributed by atoms with E-state index in [-0.39, 0.29) is 5.91 Å². The predicted molar refractivity (Wildman–Crippen MR) is 84.2 cm³/mol. The van der Waals surface area contributed by atoms with Crippen LogP contribution in [0.2, 0.25) is 0 Å². The summed E-state index contributed by atoms with van der Waals surface area (Å²) in [4.78, 5) is 20.6. The number of hydrogen-bond acceptors (Lipinski definition) is 4. The monoisotopic (exact) mass is 293 g/mol. The fraction of sp³-hybridized carbons (Fsp3) is 0.118. The molecular formula is C17H15N3O2. The topological polar surface area (TPSA) is 64.1 Å². The molecule has 0 bridgehead atoms. The van der Waals surface area contributed by atoms with Crippen molar-refractivity contribution in [3.63, 3.8) is 0 Å². The van der Waals surface area contributed by atoms with Gasteiger partial charge in [-0.1, -0.05) is 18.2 Å². The van der Waals surface area contributed by atoms with Gasteiger partial charge in [0.1, 0.15) is 11.4 Å². The second-order valence-electron chi connectivity index (χ2n) is 4.81. The van der Waals surface area contributed by atoms with Crippen molar-refractivity contribution in [1.29, 1.82) is 0 Å². The van der Waals surface area contributed by atoms with Crippen LogP contribution in [0.1, 0.15) is 16.1 Å². The maximum absolute atomic E-state index is 11.7. The number of benzene rings is 2. The lowest BCUT2D eigenvalue weighted by Crippen LogP contribution is -2.17. The Labute approximate surface area is 128 Å². The molecule has 5 nitrogen and oxygen atoms in total. The Balaban J connectivity index is 1.96.